The lowest BCUT2D eigenvalue weighted by Gasteiger charge is -2.34. The summed E-state index contributed by atoms with van der Waals surface area (Å²) in [5.41, 5.74) is 0. The van der Waals surface area contributed by atoms with Gasteiger partial charge in [0.05, 0.1) is 18.6 Å². The van der Waals surface area contributed by atoms with Crippen molar-refractivity contribution in [2.75, 3.05) is 18.0 Å². The summed E-state index contributed by atoms with van der Waals surface area (Å²) in [5.74, 6) is 0.0216. The maximum atomic E-state index is 12.9. The van der Waals surface area contributed by atoms with Crippen LogP contribution < -0.4 is 10.2 Å². The molecule has 9 nitrogen and oxygen atoms in total. The van der Waals surface area contributed by atoms with E-state index in [9.17, 15) is 9.90 Å². The number of amides is 1. The Labute approximate surface area is 169 Å². The lowest BCUT2D eigenvalue weighted by atomic mass is 9.91. The van der Waals surface area contributed by atoms with Gasteiger partial charge in [0.1, 0.15) is 18.5 Å². The van der Waals surface area contributed by atoms with E-state index in [2.05, 4.69) is 30.3 Å². The predicted molar refractivity (Wildman–Crippen MR) is 105 cm³/mol. The molecule has 2 aromatic heterocycles. The summed E-state index contributed by atoms with van der Waals surface area (Å²) in [7, 11) is 0. The van der Waals surface area contributed by atoms with Crippen molar-refractivity contribution in [2.24, 2.45) is 11.8 Å². The van der Waals surface area contributed by atoms with E-state index in [0.29, 0.717) is 6.54 Å². The number of anilines is 1. The van der Waals surface area contributed by atoms with Crippen LogP contribution in [0.15, 0.2) is 24.9 Å². The summed E-state index contributed by atoms with van der Waals surface area (Å²) < 4.78 is 1.58. The van der Waals surface area contributed by atoms with Gasteiger partial charge in [-0.2, -0.15) is 5.10 Å². The van der Waals surface area contributed by atoms with Crippen LogP contribution in [0.5, 0.6) is 0 Å². The number of nitrogens with zero attached hydrogens (tertiary/aromatic N) is 6. The maximum absolute atomic E-state index is 12.9. The zero-order valence-corrected chi connectivity index (χ0v) is 16.8. The minimum absolute atomic E-state index is 0.0383. The second-order valence-corrected chi connectivity index (χ2v) is 7.75. The first-order valence-corrected chi connectivity index (χ1v) is 9.86. The summed E-state index contributed by atoms with van der Waals surface area (Å²) >= 11 is 5.87. The Bertz CT molecular complexity index is 763. The zero-order chi connectivity index (χ0) is 20.1. The lowest BCUT2D eigenvalue weighted by molar-refractivity contribution is -0.131. The fraction of sp³-hybridized carbons (Fsp3) is 0.611. The van der Waals surface area contributed by atoms with Crippen molar-refractivity contribution in [3.8, 4) is 0 Å². The van der Waals surface area contributed by atoms with Gasteiger partial charge in [0.25, 0.3) is 0 Å². The largest absolute Gasteiger partial charge is 0.392 e. The van der Waals surface area contributed by atoms with Crippen molar-refractivity contribution in [1.82, 2.24) is 30.0 Å². The third-order valence-corrected chi connectivity index (χ3v) is 5.24. The van der Waals surface area contributed by atoms with Crippen LogP contribution >= 0.6 is 11.6 Å². The van der Waals surface area contributed by atoms with Gasteiger partial charge >= 0.3 is 0 Å². The highest BCUT2D eigenvalue weighted by molar-refractivity contribution is 6.28. The Hall–Kier alpha value is -2.26. The van der Waals surface area contributed by atoms with Crippen LogP contribution in [0.3, 0.4) is 0 Å². The molecule has 1 aliphatic rings. The Morgan fingerprint density at radius 2 is 2.14 bits per heavy atom. The van der Waals surface area contributed by atoms with Crippen LogP contribution in [0.2, 0.25) is 5.28 Å². The number of carbonyl (C=O) groups excluding carboxylic acids is 1. The molecule has 2 aromatic rings. The molecule has 3 rings (SSSR count). The summed E-state index contributed by atoms with van der Waals surface area (Å²) in [4.78, 5) is 27.1. The number of piperidine rings is 1. The van der Waals surface area contributed by atoms with Gasteiger partial charge in [-0.25, -0.2) is 15.0 Å². The molecule has 28 heavy (non-hydrogen) atoms. The fourth-order valence-electron chi connectivity index (χ4n) is 3.40. The van der Waals surface area contributed by atoms with Crippen LogP contribution in [0.25, 0.3) is 0 Å². The Kier molecular flexibility index (Phi) is 6.79. The van der Waals surface area contributed by atoms with Gasteiger partial charge < -0.3 is 15.3 Å². The molecule has 1 aliphatic heterocycles. The van der Waals surface area contributed by atoms with Crippen LogP contribution in [0, 0.1) is 11.8 Å². The molecule has 2 N–H and O–H groups in total. The average Bonchev–Trinajstić information content (AvgIpc) is 3.19. The standard InChI is InChI=1S/C18H26ClN7O2/c1-12(2)16(27)14(9-26-11-20-10-22-26)17(28)23-13-4-7-25(8-5-13)15-3-6-21-18(19)24-15/h3,6,10-14,16,27H,4-5,7-9H2,1-2H3,(H,23,28). The van der Waals surface area contributed by atoms with Crippen molar-refractivity contribution in [3.05, 3.63) is 30.2 Å². The van der Waals surface area contributed by atoms with Crippen molar-refractivity contribution >= 4 is 23.3 Å². The van der Waals surface area contributed by atoms with Crippen molar-refractivity contribution in [2.45, 2.75) is 45.4 Å². The van der Waals surface area contributed by atoms with Crippen LogP contribution in [-0.2, 0) is 11.3 Å². The van der Waals surface area contributed by atoms with E-state index in [1.54, 1.807) is 17.2 Å². The van der Waals surface area contributed by atoms with Gasteiger partial charge in [-0.3, -0.25) is 9.48 Å². The molecule has 0 aromatic carbocycles. The van der Waals surface area contributed by atoms with E-state index in [-0.39, 0.29) is 23.2 Å². The number of halogens is 1. The van der Waals surface area contributed by atoms with E-state index in [0.717, 1.165) is 31.7 Å². The lowest BCUT2D eigenvalue weighted by Crippen LogP contribution is -2.49. The molecule has 0 spiro atoms. The highest BCUT2D eigenvalue weighted by Gasteiger charge is 2.32. The van der Waals surface area contributed by atoms with E-state index in [1.807, 2.05) is 19.9 Å². The first-order chi connectivity index (χ1) is 13.4. The summed E-state index contributed by atoms with van der Waals surface area (Å²) in [6.45, 7) is 5.62. The van der Waals surface area contributed by atoms with Crippen LogP contribution in [-0.4, -0.2) is 61.0 Å². The number of nitrogens with one attached hydrogen (secondary N) is 1. The topological polar surface area (TPSA) is 109 Å². The molecule has 2 atom stereocenters. The van der Waals surface area contributed by atoms with Gasteiger partial charge in [0.2, 0.25) is 11.2 Å². The molecule has 152 valence electrons. The smallest absolute Gasteiger partial charge is 0.227 e. The first-order valence-electron chi connectivity index (χ1n) is 9.48. The van der Waals surface area contributed by atoms with Crippen molar-refractivity contribution in [3.63, 3.8) is 0 Å². The van der Waals surface area contributed by atoms with Gasteiger partial charge in [0.15, 0.2) is 0 Å². The van der Waals surface area contributed by atoms with E-state index >= 15 is 0 Å². The Morgan fingerprint density at radius 3 is 2.75 bits per heavy atom. The third-order valence-electron chi connectivity index (χ3n) is 5.06. The molecule has 3 heterocycles. The van der Waals surface area contributed by atoms with Gasteiger partial charge in [-0.1, -0.05) is 13.8 Å². The number of aliphatic hydroxyl groups is 1. The normalized spacial score (nSPS) is 17.5. The summed E-state index contributed by atoms with van der Waals surface area (Å²) in [6, 6.07) is 1.89. The molecular formula is C18H26ClN7O2. The molecule has 0 saturated carbocycles. The van der Waals surface area contributed by atoms with Gasteiger partial charge in [0, 0.05) is 25.3 Å². The number of hydrogen-bond acceptors (Lipinski definition) is 7. The van der Waals surface area contributed by atoms with E-state index in [1.165, 1.54) is 6.33 Å². The molecule has 0 aliphatic carbocycles. The molecule has 1 saturated heterocycles. The number of carbonyl (C=O) groups is 1. The highest BCUT2D eigenvalue weighted by Crippen LogP contribution is 2.20. The number of aromatic nitrogens is 5. The summed E-state index contributed by atoms with van der Waals surface area (Å²) in [6.07, 6.45) is 5.44. The van der Waals surface area contributed by atoms with Crippen molar-refractivity contribution < 1.29 is 9.90 Å². The molecule has 10 heteroatoms. The Balaban J connectivity index is 1.58. The molecule has 0 bridgehead atoms. The average molecular weight is 408 g/mol. The molecule has 1 fully saturated rings. The second kappa shape index (κ2) is 9.29. The molecule has 1 amide bonds. The quantitative estimate of drug-likeness (QED) is 0.662. The minimum Gasteiger partial charge on any atom is -0.392 e. The van der Waals surface area contributed by atoms with Crippen LogP contribution in [0.1, 0.15) is 26.7 Å². The fourth-order valence-corrected chi connectivity index (χ4v) is 3.55. The SMILES string of the molecule is CC(C)C(O)C(Cn1cncn1)C(=O)NC1CCN(c2ccnc(Cl)n2)CC1. The maximum Gasteiger partial charge on any atom is 0.227 e. The molecule has 2 unspecified atom stereocenters. The number of hydrogen-bond donors (Lipinski definition) is 2. The predicted octanol–water partition coefficient (Wildman–Crippen LogP) is 1.14. The highest BCUT2D eigenvalue weighted by atomic mass is 35.5. The van der Waals surface area contributed by atoms with Crippen molar-refractivity contribution in [1.29, 1.82) is 0 Å². The first kappa shape index (κ1) is 20.5. The van der Waals surface area contributed by atoms with Gasteiger partial charge in [-0.15, -0.1) is 0 Å². The Morgan fingerprint density at radius 1 is 1.39 bits per heavy atom. The third kappa shape index (κ3) is 5.17. The second-order valence-electron chi connectivity index (χ2n) is 7.41. The molecular weight excluding hydrogens is 382 g/mol. The van der Waals surface area contributed by atoms with E-state index in [4.69, 9.17) is 11.6 Å². The van der Waals surface area contributed by atoms with E-state index < -0.39 is 12.0 Å². The number of rotatable bonds is 7. The number of aliphatic hydroxyl groups excluding tert-OH is 1. The zero-order valence-electron chi connectivity index (χ0n) is 16.1. The monoisotopic (exact) mass is 407 g/mol. The molecule has 0 radical (unpaired) electrons. The van der Waals surface area contributed by atoms with Crippen LogP contribution in [0.4, 0.5) is 5.82 Å². The minimum atomic E-state index is -0.757. The van der Waals surface area contributed by atoms with Gasteiger partial charge in [-0.05, 0) is 36.4 Å². The summed E-state index contributed by atoms with van der Waals surface area (Å²) in [5, 5.41) is 17.9.